The van der Waals surface area contributed by atoms with Gasteiger partial charge in [-0.3, -0.25) is 4.90 Å². The monoisotopic (exact) mass is 497 g/mol. The van der Waals surface area contributed by atoms with Gasteiger partial charge in [0, 0.05) is 36.6 Å². The third kappa shape index (κ3) is 6.05. The highest BCUT2D eigenvalue weighted by atomic mass is 32.1. The Labute approximate surface area is 208 Å². The SMILES string of the molecule is COCCCN(Cc1ccc(C(O)(c2cccc(F)c2)c2cccc(F)c2)o1)Cc1ccc(C)s1. The summed E-state index contributed by atoms with van der Waals surface area (Å²) in [7, 11) is 1.69. The molecule has 0 atom stereocenters. The van der Waals surface area contributed by atoms with E-state index < -0.39 is 17.2 Å². The summed E-state index contributed by atoms with van der Waals surface area (Å²) in [5.41, 5.74) is -1.33. The average molecular weight is 498 g/mol. The van der Waals surface area contributed by atoms with Crippen molar-refractivity contribution in [2.45, 2.75) is 32.0 Å². The van der Waals surface area contributed by atoms with Gasteiger partial charge < -0.3 is 14.3 Å². The number of aliphatic hydroxyl groups is 1. The van der Waals surface area contributed by atoms with Crippen molar-refractivity contribution in [3.8, 4) is 0 Å². The summed E-state index contributed by atoms with van der Waals surface area (Å²) >= 11 is 1.76. The summed E-state index contributed by atoms with van der Waals surface area (Å²) < 4.78 is 39.6. The lowest BCUT2D eigenvalue weighted by atomic mass is 9.84. The Bertz CT molecular complexity index is 1210. The molecule has 2 heterocycles. The highest BCUT2D eigenvalue weighted by Crippen LogP contribution is 2.38. The van der Waals surface area contributed by atoms with Crippen LogP contribution in [0.15, 0.2) is 77.2 Å². The highest BCUT2D eigenvalue weighted by Gasteiger charge is 2.38. The van der Waals surface area contributed by atoms with Gasteiger partial charge >= 0.3 is 0 Å². The first kappa shape index (κ1) is 25.3. The highest BCUT2D eigenvalue weighted by molar-refractivity contribution is 7.11. The Hall–Kier alpha value is -2.84. The van der Waals surface area contributed by atoms with E-state index in [-0.39, 0.29) is 16.9 Å². The molecule has 2 aromatic heterocycles. The number of rotatable bonds is 11. The third-order valence-electron chi connectivity index (χ3n) is 5.88. The Morgan fingerprint density at radius 3 is 2.20 bits per heavy atom. The van der Waals surface area contributed by atoms with Crippen LogP contribution < -0.4 is 0 Å². The largest absolute Gasteiger partial charge is 0.461 e. The molecule has 4 nitrogen and oxygen atoms in total. The van der Waals surface area contributed by atoms with Crippen LogP contribution in [-0.2, 0) is 23.4 Å². The zero-order chi connectivity index (χ0) is 24.8. The van der Waals surface area contributed by atoms with Crippen LogP contribution in [-0.4, -0.2) is 30.3 Å². The number of methoxy groups -OCH3 is 1. The lowest BCUT2D eigenvalue weighted by Gasteiger charge is -2.27. The van der Waals surface area contributed by atoms with Crippen LogP contribution in [0.2, 0.25) is 0 Å². The van der Waals surface area contributed by atoms with Crippen LogP contribution in [0.3, 0.4) is 0 Å². The lowest BCUT2D eigenvalue weighted by Crippen LogP contribution is -2.29. The van der Waals surface area contributed by atoms with E-state index in [0.29, 0.717) is 18.9 Å². The van der Waals surface area contributed by atoms with Gasteiger partial charge in [-0.25, -0.2) is 8.78 Å². The van der Waals surface area contributed by atoms with Crippen molar-refractivity contribution < 1.29 is 23.0 Å². The Morgan fingerprint density at radius 1 is 0.943 bits per heavy atom. The quantitative estimate of drug-likeness (QED) is 0.249. The van der Waals surface area contributed by atoms with Crippen molar-refractivity contribution in [2.24, 2.45) is 0 Å². The van der Waals surface area contributed by atoms with Gasteiger partial charge in [0.15, 0.2) is 5.60 Å². The predicted octanol–water partition coefficient (Wildman–Crippen LogP) is 6.25. The molecule has 0 saturated heterocycles. The Balaban J connectivity index is 1.65. The number of benzene rings is 2. The summed E-state index contributed by atoms with van der Waals surface area (Å²) in [6, 6.07) is 19.0. The first-order chi connectivity index (χ1) is 16.9. The van der Waals surface area contributed by atoms with E-state index in [2.05, 4.69) is 24.0 Å². The summed E-state index contributed by atoms with van der Waals surface area (Å²) in [4.78, 5) is 4.77. The zero-order valence-electron chi connectivity index (χ0n) is 19.8. The number of thiophene rings is 1. The molecular weight excluding hydrogens is 468 g/mol. The van der Waals surface area contributed by atoms with Gasteiger partial charge in [0.05, 0.1) is 6.54 Å². The molecular formula is C28H29F2NO3S. The fourth-order valence-electron chi connectivity index (χ4n) is 4.19. The molecule has 2 aromatic carbocycles. The van der Waals surface area contributed by atoms with Crippen molar-refractivity contribution in [1.82, 2.24) is 4.90 Å². The van der Waals surface area contributed by atoms with Crippen molar-refractivity contribution in [2.75, 3.05) is 20.3 Å². The van der Waals surface area contributed by atoms with Crippen LogP contribution in [0.25, 0.3) is 0 Å². The van der Waals surface area contributed by atoms with E-state index in [1.165, 1.54) is 46.2 Å². The molecule has 0 amide bonds. The van der Waals surface area contributed by atoms with Crippen LogP contribution in [0.1, 0.15) is 38.8 Å². The average Bonchev–Trinajstić information content (AvgIpc) is 3.47. The van der Waals surface area contributed by atoms with E-state index >= 15 is 0 Å². The van der Waals surface area contributed by atoms with Crippen LogP contribution in [0.4, 0.5) is 8.78 Å². The van der Waals surface area contributed by atoms with E-state index in [0.717, 1.165) is 19.5 Å². The van der Waals surface area contributed by atoms with Crippen LogP contribution >= 0.6 is 11.3 Å². The molecule has 4 aromatic rings. The second-order valence-corrected chi connectivity index (χ2v) is 9.94. The zero-order valence-corrected chi connectivity index (χ0v) is 20.7. The molecule has 35 heavy (non-hydrogen) atoms. The second kappa shape index (κ2) is 11.3. The van der Waals surface area contributed by atoms with Gasteiger partial charge in [-0.15, -0.1) is 11.3 Å². The second-order valence-electron chi connectivity index (χ2n) is 8.57. The lowest BCUT2D eigenvalue weighted by molar-refractivity contribution is 0.0941. The third-order valence-corrected chi connectivity index (χ3v) is 6.87. The standard InChI is InChI=1S/C28H29F2NO3S/c1-20-10-12-26(35-20)19-31(14-5-15-33-2)18-25-11-13-27(34-25)28(32,21-6-3-8-23(29)16-21)22-7-4-9-24(30)17-22/h3-4,6-13,16-17,32H,5,14-15,18-19H2,1-2H3. The fraction of sp³-hybridized carbons (Fsp3) is 0.286. The molecule has 0 aliphatic heterocycles. The minimum absolute atomic E-state index is 0.201. The van der Waals surface area contributed by atoms with Crippen LogP contribution in [0, 0.1) is 18.6 Å². The molecule has 4 rings (SSSR count). The minimum Gasteiger partial charge on any atom is -0.461 e. The summed E-state index contributed by atoms with van der Waals surface area (Å²) in [6.45, 7) is 4.82. The van der Waals surface area contributed by atoms with Gasteiger partial charge in [0.25, 0.3) is 0 Å². The summed E-state index contributed by atoms with van der Waals surface area (Å²) in [5, 5.41) is 11.9. The number of hydrogen-bond donors (Lipinski definition) is 1. The molecule has 0 saturated carbocycles. The molecule has 0 spiro atoms. The number of nitrogens with zero attached hydrogens (tertiary/aromatic N) is 1. The topological polar surface area (TPSA) is 45.8 Å². The first-order valence-corrected chi connectivity index (χ1v) is 12.3. The molecule has 0 bridgehead atoms. The van der Waals surface area contributed by atoms with E-state index in [1.54, 1.807) is 36.6 Å². The smallest absolute Gasteiger partial charge is 0.173 e. The van der Waals surface area contributed by atoms with Crippen molar-refractivity contribution >= 4 is 11.3 Å². The number of aryl methyl sites for hydroxylation is 1. The molecule has 0 unspecified atom stereocenters. The van der Waals surface area contributed by atoms with Crippen molar-refractivity contribution in [3.05, 3.63) is 117 Å². The van der Waals surface area contributed by atoms with Gasteiger partial charge in [0.2, 0.25) is 0 Å². The molecule has 0 fully saturated rings. The van der Waals surface area contributed by atoms with Crippen molar-refractivity contribution in [3.63, 3.8) is 0 Å². The van der Waals surface area contributed by atoms with E-state index in [4.69, 9.17) is 9.15 Å². The fourth-order valence-corrected chi connectivity index (χ4v) is 5.13. The number of halogens is 2. The number of hydrogen-bond acceptors (Lipinski definition) is 5. The van der Waals surface area contributed by atoms with Gasteiger partial charge in [-0.2, -0.15) is 0 Å². The number of furan rings is 1. The number of ether oxygens (including phenoxy) is 1. The minimum atomic E-state index is -1.85. The summed E-state index contributed by atoms with van der Waals surface area (Å²) in [6.07, 6.45) is 0.866. The van der Waals surface area contributed by atoms with Gasteiger partial charge in [-0.05, 0) is 73.0 Å². The van der Waals surface area contributed by atoms with Gasteiger partial charge in [-0.1, -0.05) is 24.3 Å². The molecule has 0 aliphatic rings. The normalized spacial score (nSPS) is 11.9. The van der Waals surface area contributed by atoms with Gasteiger partial charge in [0.1, 0.15) is 23.2 Å². The molecule has 184 valence electrons. The first-order valence-electron chi connectivity index (χ1n) is 11.5. The van der Waals surface area contributed by atoms with Crippen LogP contribution in [0.5, 0.6) is 0 Å². The maximum Gasteiger partial charge on any atom is 0.173 e. The van der Waals surface area contributed by atoms with E-state index in [1.807, 2.05) is 6.07 Å². The Morgan fingerprint density at radius 2 is 1.63 bits per heavy atom. The molecule has 1 N–H and O–H groups in total. The molecule has 0 radical (unpaired) electrons. The Kier molecular flexibility index (Phi) is 8.13. The van der Waals surface area contributed by atoms with Crippen molar-refractivity contribution in [1.29, 1.82) is 0 Å². The predicted molar refractivity (Wildman–Crippen MR) is 133 cm³/mol. The maximum atomic E-state index is 14.1. The molecule has 0 aliphatic carbocycles. The summed E-state index contributed by atoms with van der Waals surface area (Å²) in [5.74, 6) is -0.149. The van der Waals surface area contributed by atoms with E-state index in [9.17, 15) is 13.9 Å². The molecule has 7 heteroatoms. The maximum absolute atomic E-state index is 14.1.